The third kappa shape index (κ3) is 3.09. The Bertz CT molecular complexity index is 467. The van der Waals surface area contributed by atoms with Crippen molar-refractivity contribution < 1.29 is 50.3 Å². The van der Waals surface area contributed by atoms with E-state index in [0.29, 0.717) is 0 Å². The number of hydrogen-bond acceptors (Lipinski definition) is 11. The van der Waals surface area contributed by atoms with Gasteiger partial charge in [0.25, 0.3) is 0 Å². The van der Waals surface area contributed by atoms with Gasteiger partial charge in [0.2, 0.25) is 0 Å². The highest BCUT2D eigenvalue weighted by molar-refractivity contribution is 5.10. The first kappa shape index (κ1) is 19.3. The fourth-order valence-corrected chi connectivity index (χ4v) is 3.92. The van der Waals surface area contributed by atoms with Gasteiger partial charge in [0.15, 0.2) is 6.29 Å². The van der Waals surface area contributed by atoms with Gasteiger partial charge < -0.3 is 50.3 Å². The van der Waals surface area contributed by atoms with E-state index in [1.807, 2.05) is 0 Å². The van der Waals surface area contributed by atoms with Gasteiger partial charge in [0, 0.05) is 6.54 Å². The van der Waals surface area contributed by atoms with Crippen molar-refractivity contribution in [2.24, 2.45) is 0 Å². The minimum Gasteiger partial charge on any atom is -0.395 e. The number of fused-ring (bicyclic) bond motifs is 1. The van der Waals surface area contributed by atoms with Gasteiger partial charge in [-0.3, -0.25) is 4.90 Å². The zero-order chi connectivity index (χ0) is 18.5. The maximum atomic E-state index is 10.4. The Kier molecular flexibility index (Phi) is 5.63. The van der Waals surface area contributed by atoms with Gasteiger partial charge in [-0.15, -0.1) is 0 Å². The maximum absolute atomic E-state index is 10.4. The van der Waals surface area contributed by atoms with Crippen LogP contribution in [0.4, 0.5) is 0 Å². The van der Waals surface area contributed by atoms with Gasteiger partial charge in [-0.05, 0) is 0 Å². The van der Waals surface area contributed by atoms with Crippen molar-refractivity contribution in [3.05, 3.63) is 0 Å². The molecule has 3 fully saturated rings. The molecule has 0 aromatic carbocycles. The molecule has 0 aromatic rings. The summed E-state index contributed by atoms with van der Waals surface area (Å²) in [6.45, 7) is -0.987. The predicted octanol–water partition coefficient (Wildman–Crippen LogP) is -5.69. The quantitative estimate of drug-likeness (QED) is 0.237. The van der Waals surface area contributed by atoms with Gasteiger partial charge in [0.05, 0.1) is 43.6 Å². The summed E-state index contributed by atoms with van der Waals surface area (Å²) in [6, 6.07) is -1.62. The van der Waals surface area contributed by atoms with Crippen molar-refractivity contribution in [3.8, 4) is 0 Å². The standard InChI is InChI=1S/C14H25NO10/c16-2-4-8(18)11(21)7-9(19)5(1-15(4)7)24-14-13(23)12(22)10(20)6(3-17)25-14/h4-14,16-23H,1-3H2/t4-,5-,6?,7+,8+,9-,10+,11+,12-,13?,14-/m0/s1. The topological polar surface area (TPSA) is 184 Å². The summed E-state index contributed by atoms with van der Waals surface area (Å²) in [5.74, 6) is 0. The molecule has 146 valence electrons. The number of ether oxygens (including phenoxy) is 2. The lowest BCUT2D eigenvalue weighted by atomic mass is 9.99. The Balaban J connectivity index is 1.70. The third-order valence-corrected chi connectivity index (χ3v) is 5.37. The zero-order valence-corrected chi connectivity index (χ0v) is 13.3. The summed E-state index contributed by atoms with van der Waals surface area (Å²) >= 11 is 0. The Morgan fingerprint density at radius 1 is 0.800 bits per heavy atom. The fraction of sp³-hybridized carbons (Fsp3) is 1.00. The van der Waals surface area contributed by atoms with E-state index in [1.54, 1.807) is 0 Å². The molecule has 0 aliphatic carbocycles. The second-order valence-corrected chi connectivity index (χ2v) is 6.78. The average molecular weight is 367 g/mol. The SMILES string of the molecule is OCC1O[C@H](O[C@H]2CN3[C@H]([C@H]2O)[C@@H](O)[C@H](O)[C@@H]3CO)C(O)[C@@H](O)[C@@H]1O. The van der Waals surface area contributed by atoms with Crippen LogP contribution in [-0.4, -0.2) is 133 Å². The molecule has 3 heterocycles. The van der Waals surface area contributed by atoms with E-state index in [-0.39, 0.29) is 6.54 Å². The molecule has 0 spiro atoms. The molecule has 8 N–H and O–H groups in total. The van der Waals surface area contributed by atoms with Crippen LogP contribution in [0.25, 0.3) is 0 Å². The second kappa shape index (κ2) is 7.29. The average Bonchev–Trinajstić information content (AvgIpc) is 3.03. The Morgan fingerprint density at radius 2 is 1.48 bits per heavy atom. The monoisotopic (exact) mass is 367 g/mol. The summed E-state index contributed by atoms with van der Waals surface area (Å²) in [5.41, 5.74) is 0. The highest BCUT2D eigenvalue weighted by Gasteiger charge is 2.58. The highest BCUT2D eigenvalue weighted by Crippen LogP contribution is 2.36. The van der Waals surface area contributed by atoms with Crippen LogP contribution >= 0.6 is 0 Å². The lowest BCUT2D eigenvalue weighted by molar-refractivity contribution is -0.314. The van der Waals surface area contributed by atoms with Gasteiger partial charge >= 0.3 is 0 Å². The first-order chi connectivity index (χ1) is 11.8. The molecule has 11 atom stereocenters. The molecule has 0 saturated carbocycles. The van der Waals surface area contributed by atoms with Crippen LogP contribution in [0.1, 0.15) is 0 Å². The van der Waals surface area contributed by atoms with Gasteiger partial charge in [0.1, 0.15) is 30.5 Å². The molecule has 3 rings (SSSR count). The minimum absolute atomic E-state index is 0.0419. The van der Waals surface area contributed by atoms with E-state index in [4.69, 9.17) is 9.47 Å². The van der Waals surface area contributed by atoms with Gasteiger partial charge in [-0.25, -0.2) is 0 Å². The molecular weight excluding hydrogens is 342 g/mol. The summed E-state index contributed by atoms with van der Waals surface area (Å²) in [5, 5.41) is 78.5. The normalized spacial score (nSPS) is 54.0. The fourth-order valence-electron chi connectivity index (χ4n) is 3.92. The molecule has 0 radical (unpaired) electrons. The third-order valence-electron chi connectivity index (χ3n) is 5.37. The lowest BCUT2D eigenvalue weighted by Crippen LogP contribution is -2.60. The van der Waals surface area contributed by atoms with Crippen molar-refractivity contribution in [2.75, 3.05) is 19.8 Å². The largest absolute Gasteiger partial charge is 0.395 e. The summed E-state index contributed by atoms with van der Waals surface area (Å²) in [6.07, 6.45) is -12.0. The number of aliphatic hydroxyl groups excluding tert-OH is 8. The highest BCUT2D eigenvalue weighted by atomic mass is 16.7. The Hall–Kier alpha value is -0.440. The summed E-state index contributed by atoms with van der Waals surface area (Å²) in [7, 11) is 0. The van der Waals surface area contributed by atoms with Gasteiger partial charge in [-0.2, -0.15) is 0 Å². The number of nitrogens with zero attached hydrogens (tertiary/aromatic N) is 1. The molecule has 3 aliphatic heterocycles. The maximum Gasteiger partial charge on any atom is 0.187 e. The first-order valence-electron chi connectivity index (χ1n) is 8.18. The van der Waals surface area contributed by atoms with Crippen LogP contribution in [0, 0.1) is 0 Å². The van der Waals surface area contributed by atoms with Crippen molar-refractivity contribution in [3.63, 3.8) is 0 Å². The molecule has 0 amide bonds. The summed E-state index contributed by atoms with van der Waals surface area (Å²) in [4.78, 5) is 1.52. The first-order valence-corrected chi connectivity index (χ1v) is 8.18. The number of hydrogen-bond donors (Lipinski definition) is 8. The van der Waals surface area contributed by atoms with Crippen molar-refractivity contribution in [1.29, 1.82) is 0 Å². The molecule has 11 heteroatoms. The van der Waals surface area contributed by atoms with Crippen molar-refractivity contribution in [1.82, 2.24) is 4.90 Å². The Morgan fingerprint density at radius 3 is 2.08 bits per heavy atom. The minimum atomic E-state index is -1.61. The molecular formula is C14H25NO10. The van der Waals surface area contributed by atoms with Crippen LogP contribution in [-0.2, 0) is 9.47 Å². The molecule has 3 saturated heterocycles. The van der Waals surface area contributed by atoms with Crippen LogP contribution in [0.3, 0.4) is 0 Å². The van der Waals surface area contributed by atoms with E-state index in [2.05, 4.69) is 0 Å². The van der Waals surface area contributed by atoms with Crippen molar-refractivity contribution in [2.45, 2.75) is 67.2 Å². The van der Waals surface area contributed by atoms with Crippen LogP contribution < -0.4 is 0 Å². The molecule has 25 heavy (non-hydrogen) atoms. The van der Waals surface area contributed by atoms with Crippen LogP contribution in [0.2, 0.25) is 0 Å². The smallest absolute Gasteiger partial charge is 0.187 e. The molecule has 3 aliphatic rings. The molecule has 11 nitrogen and oxygen atoms in total. The number of aliphatic hydroxyl groups is 8. The zero-order valence-electron chi connectivity index (χ0n) is 13.3. The van der Waals surface area contributed by atoms with E-state index >= 15 is 0 Å². The Labute approximate surface area is 143 Å². The van der Waals surface area contributed by atoms with E-state index in [9.17, 15) is 40.9 Å². The van der Waals surface area contributed by atoms with Crippen molar-refractivity contribution >= 4 is 0 Å². The van der Waals surface area contributed by atoms with Crippen LogP contribution in [0.15, 0.2) is 0 Å². The molecule has 2 unspecified atom stereocenters. The number of rotatable bonds is 4. The van der Waals surface area contributed by atoms with Crippen LogP contribution in [0.5, 0.6) is 0 Å². The molecule has 0 aromatic heterocycles. The summed E-state index contributed by atoms with van der Waals surface area (Å²) < 4.78 is 10.8. The lowest BCUT2D eigenvalue weighted by Gasteiger charge is -2.40. The predicted molar refractivity (Wildman–Crippen MR) is 78.0 cm³/mol. The second-order valence-electron chi connectivity index (χ2n) is 6.78. The van der Waals surface area contributed by atoms with E-state index < -0.39 is 80.4 Å². The molecule has 0 bridgehead atoms. The van der Waals surface area contributed by atoms with Gasteiger partial charge in [-0.1, -0.05) is 0 Å². The van der Waals surface area contributed by atoms with E-state index in [1.165, 1.54) is 4.90 Å². The van der Waals surface area contributed by atoms with E-state index in [0.717, 1.165) is 0 Å².